The second kappa shape index (κ2) is 6.45. The van der Waals surface area contributed by atoms with E-state index in [0.29, 0.717) is 19.5 Å². The van der Waals surface area contributed by atoms with Gasteiger partial charge >= 0.3 is 0 Å². The lowest BCUT2D eigenvalue weighted by Crippen LogP contribution is -2.44. The van der Waals surface area contributed by atoms with Gasteiger partial charge in [-0.05, 0) is 30.9 Å². The van der Waals surface area contributed by atoms with Gasteiger partial charge in [-0.15, -0.1) is 0 Å². The molecule has 0 saturated carbocycles. The Kier molecular flexibility index (Phi) is 4.41. The number of para-hydroxylation sites is 1. The van der Waals surface area contributed by atoms with Crippen LogP contribution in [-0.4, -0.2) is 49.3 Å². The fraction of sp³-hybridized carbons (Fsp3) is 0.562. The molecule has 0 aromatic heterocycles. The minimum absolute atomic E-state index is 0.00292. The van der Waals surface area contributed by atoms with Crippen LogP contribution in [0, 0.1) is 0 Å². The number of fused-ring (bicyclic) bond motifs is 1. The summed E-state index contributed by atoms with van der Waals surface area (Å²) in [7, 11) is 0. The first-order chi connectivity index (χ1) is 10.2. The van der Waals surface area contributed by atoms with Crippen LogP contribution in [0.4, 0.5) is 5.69 Å². The third-order valence-electron chi connectivity index (χ3n) is 4.31. The van der Waals surface area contributed by atoms with Crippen LogP contribution < -0.4 is 15.5 Å². The van der Waals surface area contributed by atoms with Gasteiger partial charge in [0.25, 0.3) is 0 Å². The van der Waals surface area contributed by atoms with Crippen LogP contribution in [-0.2, 0) is 11.2 Å². The highest BCUT2D eigenvalue weighted by atomic mass is 16.3. The number of rotatable bonds is 4. The molecule has 1 saturated heterocycles. The quantitative estimate of drug-likeness (QED) is 0.745. The van der Waals surface area contributed by atoms with Gasteiger partial charge in [-0.3, -0.25) is 4.79 Å². The first kappa shape index (κ1) is 14.4. The van der Waals surface area contributed by atoms with Gasteiger partial charge in [0.2, 0.25) is 5.91 Å². The maximum atomic E-state index is 12.0. The predicted octanol–water partition coefficient (Wildman–Crippen LogP) is 0.278. The van der Waals surface area contributed by atoms with Crippen LogP contribution in [0.5, 0.6) is 0 Å². The van der Waals surface area contributed by atoms with Crippen LogP contribution in [0.1, 0.15) is 18.4 Å². The normalized spacial score (nSPS) is 24.7. The van der Waals surface area contributed by atoms with E-state index in [0.717, 1.165) is 19.5 Å². The maximum Gasteiger partial charge on any atom is 0.237 e. The van der Waals surface area contributed by atoms with Crippen molar-refractivity contribution >= 4 is 11.6 Å². The van der Waals surface area contributed by atoms with E-state index in [-0.39, 0.29) is 11.9 Å². The standard InChI is InChI=1S/C16H23N3O2/c20-13-10-14(18-11-13)16(21)17-7-9-19-8-3-5-12-4-1-2-6-15(12)19/h1-2,4,6,13-14,18,20H,3,5,7-11H2,(H,17,21)/t13-,14-/m1/s1. The number of anilines is 1. The van der Waals surface area contributed by atoms with Gasteiger partial charge in [-0.25, -0.2) is 0 Å². The second-order valence-corrected chi connectivity index (χ2v) is 5.86. The molecule has 1 aromatic carbocycles. The van der Waals surface area contributed by atoms with Crippen molar-refractivity contribution < 1.29 is 9.90 Å². The highest BCUT2D eigenvalue weighted by Crippen LogP contribution is 2.25. The Bertz CT molecular complexity index is 506. The Hall–Kier alpha value is -1.59. The van der Waals surface area contributed by atoms with E-state index in [4.69, 9.17) is 0 Å². The number of amides is 1. The van der Waals surface area contributed by atoms with E-state index in [1.54, 1.807) is 0 Å². The van der Waals surface area contributed by atoms with Gasteiger partial charge < -0.3 is 20.6 Å². The molecule has 1 fully saturated rings. The molecule has 0 bridgehead atoms. The van der Waals surface area contributed by atoms with Crippen molar-refractivity contribution in [2.24, 2.45) is 0 Å². The predicted molar refractivity (Wildman–Crippen MR) is 82.4 cm³/mol. The summed E-state index contributed by atoms with van der Waals surface area (Å²) in [6.07, 6.45) is 2.43. The lowest BCUT2D eigenvalue weighted by Gasteiger charge is -2.31. The summed E-state index contributed by atoms with van der Waals surface area (Å²) in [4.78, 5) is 14.3. The lowest BCUT2D eigenvalue weighted by atomic mass is 10.0. The van der Waals surface area contributed by atoms with E-state index in [1.807, 2.05) is 0 Å². The number of carbonyl (C=O) groups excluding carboxylic acids is 1. The summed E-state index contributed by atoms with van der Waals surface area (Å²) in [5, 5.41) is 15.4. The average molecular weight is 289 g/mol. The molecule has 21 heavy (non-hydrogen) atoms. The maximum absolute atomic E-state index is 12.0. The number of hydrogen-bond acceptors (Lipinski definition) is 4. The highest BCUT2D eigenvalue weighted by Gasteiger charge is 2.27. The molecule has 114 valence electrons. The Labute approximate surface area is 125 Å². The number of aliphatic hydroxyl groups excluding tert-OH is 1. The van der Waals surface area contributed by atoms with Crippen molar-refractivity contribution in [3.63, 3.8) is 0 Å². The molecule has 2 aliphatic heterocycles. The van der Waals surface area contributed by atoms with Crippen molar-refractivity contribution in [3.8, 4) is 0 Å². The molecule has 0 aliphatic carbocycles. The van der Waals surface area contributed by atoms with Gasteiger partial charge in [-0.1, -0.05) is 18.2 Å². The Balaban J connectivity index is 1.49. The number of hydrogen-bond donors (Lipinski definition) is 3. The smallest absolute Gasteiger partial charge is 0.237 e. The van der Waals surface area contributed by atoms with Gasteiger partial charge in [0.15, 0.2) is 0 Å². The number of β-amino-alcohol motifs (C(OH)–C–C–N with tert-alkyl or cyclic N) is 1. The van der Waals surface area contributed by atoms with Gasteiger partial charge in [0.05, 0.1) is 12.1 Å². The summed E-state index contributed by atoms with van der Waals surface area (Å²) >= 11 is 0. The topological polar surface area (TPSA) is 64.6 Å². The van der Waals surface area contributed by atoms with E-state index in [9.17, 15) is 9.90 Å². The van der Waals surface area contributed by atoms with Gasteiger partial charge in [0.1, 0.15) is 0 Å². The third-order valence-corrected chi connectivity index (χ3v) is 4.31. The first-order valence-electron chi connectivity index (χ1n) is 7.76. The minimum Gasteiger partial charge on any atom is -0.392 e. The summed E-state index contributed by atoms with van der Waals surface area (Å²) in [5.41, 5.74) is 2.70. The molecule has 0 radical (unpaired) electrons. The highest BCUT2D eigenvalue weighted by molar-refractivity contribution is 5.82. The fourth-order valence-corrected chi connectivity index (χ4v) is 3.20. The van der Waals surface area contributed by atoms with Crippen LogP contribution >= 0.6 is 0 Å². The second-order valence-electron chi connectivity index (χ2n) is 5.86. The molecule has 1 aromatic rings. The molecular weight excluding hydrogens is 266 g/mol. The number of aliphatic hydroxyl groups is 1. The van der Waals surface area contributed by atoms with Crippen molar-refractivity contribution in [2.75, 3.05) is 31.1 Å². The largest absolute Gasteiger partial charge is 0.392 e. The van der Waals surface area contributed by atoms with E-state index in [2.05, 4.69) is 39.8 Å². The molecule has 3 N–H and O–H groups in total. The minimum atomic E-state index is -0.394. The molecule has 0 spiro atoms. The molecule has 1 amide bonds. The third kappa shape index (κ3) is 3.36. The number of carbonyl (C=O) groups is 1. The number of nitrogens with one attached hydrogen (secondary N) is 2. The first-order valence-corrected chi connectivity index (χ1v) is 7.76. The summed E-state index contributed by atoms with van der Waals surface area (Å²) in [6.45, 7) is 3.03. The van der Waals surface area contributed by atoms with Crippen molar-refractivity contribution in [1.82, 2.24) is 10.6 Å². The number of aryl methyl sites for hydroxylation is 1. The summed E-state index contributed by atoms with van der Waals surface area (Å²) in [5.74, 6) is -0.00292. The Morgan fingerprint density at radius 3 is 3.10 bits per heavy atom. The molecule has 2 atom stereocenters. The van der Waals surface area contributed by atoms with Crippen molar-refractivity contribution in [1.29, 1.82) is 0 Å². The molecule has 2 heterocycles. The fourth-order valence-electron chi connectivity index (χ4n) is 3.20. The van der Waals surface area contributed by atoms with Gasteiger partial charge in [0, 0.05) is 31.9 Å². The zero-order valence-electron chi connectivity index (χ0n) is 12.2. The lowest BCUT2D eigenvalue weighted by molar-refractivity contribution is -0.122. The van der Waals surface area contributed by atoms with Crippen molar-refractivity contribution in [2.45, 2.75) is 31.4 Å². The van der Waals surface area contributed by atoms with E-state index < -0.39 is 6.10 Å². The molecule has 5 nitrogen and oxygen atoms in total. The van der Waals surface area contributed by atoms with Crippen molar-refractivity contribution in [3.05, 3.63) is 29.8 Å². The van der Waals surface area contributed by atoms with Gasteiger partial charge in [-0.2, -0.15) is 0 Å². The molecule has 2 aliphatic rings. The van der Waals surface area contributed by atoms with Crippen LogP contribution in [0.25, 0.3) is 0 Å². The SMILES string of the molecule is O=C(NCCN1CCCc2ccccc21)[C@H]1C[C@@H](O)CN1. The average Bonchev–Trinajstić information content (AvgIpc) is 2.94. The zero-order chi connectivity index (χ0) is 14.7. The Morgan fingerprint density at radius 2 is 2.29 bits per heavy atom. The number of nitrogens with zero attached hydrogens (tertiary/aromatic N) is 1. The summed E-state index contributed by atoms with van der Waals surface area (Å²) < 4.78 is 0. The molecular formula is C16H23N3O2. The number of benzene rings is 1. The molecule has 0 unspecified atom stereocenters. The zero-order valence-corrected chi connectivity index (χ0v) is 12.2. The summed E-state index contributed by atoms with van der Waals surface area (Å²) in [6, 6.07) is 8.25. The molecule has 3 rings (SSSR count). The van der Waals surface area contributed by atoms with Crippen LogP contribution in [0.3, 0.4) is 0 Å². The molecule has 5 heteroatoms. The van der Waals surface area contributed by atoms with E-state index in [1.165, 1.54) is 17.7 Å². The monoisotopic (exact) mass is 289 g/mol. The Morgan fingerprint density at radius 1 is 1.43 bits per heavy atom. The van der Waals surface area contributed by atoms with Crippen LogP contribution in [0.2, 0.25) is 0 Å². The van der Waals surface area contributed by atoms with Crippen LogP contribution in [0.15, 0.2) is 24.3 Å². The van der Waals surface area contributed by atoms with E-state index >= 15 is 0 Å².